The summed E-state index contributed by atoms with van der Waals surface area (Å²) in [6, 6.07) is 7.27. The summed E-state index contributed by atoms with van der Waals surface area (Å²) in [5.74, 6) is 0.832. The van der Waals surface area contributed by atoms with E-state index >= 15 is 0 Å². The summed E-state index contributed by atoms with van der Waals surface area (Å²) in [4.78, 5) is 0. The van der Waals surface area contributed by atoms with Gasteiger partial charge in [0.25, 0.3) is 0 Å². The third kappa shape index (κ3) is 4.31. The molecule has 0 aliphatic heterocycles. The van der Waals surface area contributed by atoms with Crippen molar-refractivity contribution in [3.8, 4) is 0 Å². The van der Waals surface area contributed by atoms with Crippen molar-refractivity contribution in [2.75, 3.05) is 0 Å². The molecular formula is C23H38N2Sn. The van der Waals surface area contributed by atoms with Gasteiger partial charge in [-0.2, -0.15) is 0 Å². The molecule has 26 heavy (non-hydrogen) atoms. The molecule has 0 amide bonds. The van der Waals surface area contributed by atoms with Crippen molar-refractivity contribution in [2.45, 2.75) is 91.4 Å². The molecule has 0 N–H and O–H groups in total. The molecule has 0 atom stereocenters. The Morgan fingerprint density at radius 1 is 0.962 bits per heavy atom. The summed E-state index contributed by atoms with van der Waals surface area (Å²) < 4.78 is 8.33. The minimum atomic E-state index is -2.48. The number of hydrogen-bond acceptors (Lipinski definition) is 1. The van der Waals surface area contributed by atoms with E-state index in [4.69, 9.17) is 5.10 Å². The summed E-state index contributed by atoms with van der Waals surface area (Å²) in [6.07, 6.45) is 11.0. The van der Waals surface area contributed by atoms with Crippen LogP contribution in [0.4, 0.5) is 0 Å². The average Bonchev–Trinajstić information content (AvgIpc) is 3.46. The van der Waals surface area contributed by atoms with Crippen LogP contribution in [0.15, 0.2) is 18.2 Å². The van der Waals surface area contributed by atoms with E-state index in [1.807, 2.05) is 0 Å². The molecule has 1 aliphatic rings. The van der Waals surface area contributed by atoms with Crippen molar-refractivity contribution in [2.24, 2.45) is 7.05 Å². The van der Waals surface area contributed by atoms with Crippen molar-refractivity contribution in [3.63, 3.8) is 0 Å². The third-order valence-corrected chi connectivity index (χ3v) is 21.6. The number of fused-ring (bicyclic) bond motifs is 1. The molecule has 1 aromatic carbocycles. The third-order valence-electron chi connectivity index (χ3n) is 6.45. The van der Waals surface area contributed by atoms with Gasteiger partial charge in [-0.1, -0.05) is 0 Å². The molecule has 3 heteroatoms. The molecule has 1 aromatic heterocycles. The molecule has 1 saturated carbocycles. The van der Waals surface area contributed by atoms with Crippen molar-refractivity contribution in [3.05, 3.63) is 23.8 Å². The van der Waals surface area contributed by atoms with E-state index in [1.165, 1.54) is 75.6 Å². The van der Waals surface area contributed by atoms with E-state index < -0.39 is 18.4 Å². The van der Waals surface area contributed by atoms with Crippen LogP contribution in [0.2, 0.25) is 13.3 Å². The molecule has 0 radical (unpaired) electrons. The van der Waals surface area contributed by atoms with E-state index in [0.717, 1.165) is 5.92 Å². The van der Waals surface area contributed by atoms with Crippen LogP contribution in [0.25, 0.3) is 10.9 Å². The number of aromatic nitrogens is 2. The Kier molecular flexibility index (Phi) is 7.10. The van der Waals surface area contributed by atoms with Crippen LogP contribution in [0.3, 0.4) is 0 Å². The van der Waals surface area contributed by atoms with Gasteiger partial charge in [-0.3, -0.25) is 0 Å². The van der Waals surface area contributed by atoms with Crippen LogP contribution < -0.4 is 3.71 Å². The quantitative estimate of drug-likeness (QED) is 0.349. The Balaban J connectivity index is 2.08. The van der Waals surface area contributed by atoms with Crippen LogP contribution >= 0.6 is 0 Å². The zero-order chi connectivity index (χ0) is 18.6. The predicted molar refractivity (Wildman–Crippen MR) is 117 cm³/mol. The molecule has 3 rings (SSSR count). The maximum atomic E-state index is 5.25. The van der Waals surface area contributed by atoms with E-state index in [0.29, 0.717) is 0 Å². The molecular weight excluding hydrogens is 423 g/mol. The predicted octanol–water partition coefficient (Wildman–Crippen LogP) is 6.51. The Bertz CT molecular complexity index is 693. The standard InChI is InChI=1S/C11H11N2.3C4H9.Sn/c1-13-11-5-4-9(8-2-3-8)6-10(11)7-12-13;3*1-3-4-2;/h4-6,8H,2-3H2,1H3;3*1,3-4H2,2H3;. The summed E-state index contributed by atoms with van der Waals surface area (Å²) in [6.45, 7) is 7.08. The molecule has 0 saturated heterocycles. The van der Waals surface area contributed by atoms with Gasteiger partial charge in [0.2, 0.25) is 0 Å². The van der Waals surface area contributed by atoms with Gasteiger partial charge in [-0.15, -0.1) is 0 Å². The van der Waals surface area contributed by atoms with Gasteiger partial charge >= 0.3 is 165 Å². The topological polar surface area (TPSA) is 17.8 Å². The number of unbranched alkanes of at least 4 members (excludes halogenated alkanes) is 3. The first-order valence-electron chi connectivity index (χ1n) is 11.1. The van der Waals surface area contributed by atoms with Crippen LogP contribution in [-0.2, 0) is 7.05 Å². The van der Waals surface area contributed by atoms with Crippen LogP contribution in [0, 0.1) is 0 Å². The number of nitrogens with zero attached hydrogens (tertiary/aromatic N) is 2. The van der Waals surface area contributed by atoms with Crippen LogP contribution in [-0.4, -0.2) is 28.2 Å². The van der Waals surface area contributed by atoms with Crippen molar-refractivity contribution in [1.29, 1.82) is 0 Å². The summed E-state index contributed by atoms with van der Waals surface area (Å²) in [5, 5.41) is 6.79. The first-order chi connectivity index (χ1) is 12.6. The van der Waals surface area contributed by atoms with Gasteiger partial charge in [-0.05, 0) is 0 Å². The van der Waals surface area contributed by atoms with Crippen molar-refractivity contribution < 1.29 is 0 Å². The molecule has 1 aliphatic carbocycles. The van der Waals surface area contributed by atoms with Crippen LogP contribution in [0.1, 0.15) is 83.6 Å². The Morgan fingerprint density at radius 3 is 2.04 bits per heavy atom. The molecule has 0 unspecified atom stereocenters. The van der Waals surface area contributed by atoms with Crippen LogP contribution in [0.5, 0.6) is 0 Å². The van der Waals surface area contributed by atoms with E-state index in [-0.39, 0.29) is 0 Å². The summed E-state index contributed by atoms with van der Waals surface area (Å²) in [7, 11) is 2.17. The van der Waals surface area contributed by atoms with E-state index in [9.17, 15) is 0 Å². The maximum absolute atomic E-state index is 5.25. The van der Waals surface area contributed by atoms with Gasteiger partial charge in [0, 0.05) is 0 Å². The Hall–Kier alpha value is -0.511. The Morgan fingerprint density at radius 2 is 1.54 bits per heavy atom. The van der Waals surface area contributed by atoms with Gasteiger partial charge in [0.15, 0.2) is 0 Å². The second-order valence-corrected chi connectivity index (χ2v) is 21.6. The average molecular weight is 461 g/mol. The van der Waals surface area contributed by atoms with Gasteiger partial charge in [-0.25, -0.2) is 0 Å². The fourth-order valence-corrected chi connectivity index (χ4v) is 20.8. The fourth-order valence-electron chi connectivity index (χ4n) is 4.62. The minimum absolute atomic E-state index is 0.832. The van der Waals surface area contributed by atoms with Crippen molar-refractivity contribution in [1.82, 2.24) is 9.78 Å². The van der Waals surface area contributed by atoms with Gasteiger partial charge in [0.1, 0.15) is 0 Å². The second kappa shape index (κ2) is 9.12. The molecule has 0 spiro atoms. The number of aryl methyl sites for hydroxylation is 1. The monoisotopic (exact) mass is 462 g/mol. The molecule has 144 valence electrons. The molecule has 2 nitrogen and oxygen atoms in total. The Labute approximate surface area is 164 Å². The summed E-state index contributed by atoms with van der Waals surface area (Å²) >= 11 is -2.48. The fraction of sp³-hybridized carbons (Fsp3) is 0.696. The second-order valence-electron chi connectivity index (χ2n) is 8.61. The van der Waals surface area contributed by atoms with E-state index in [1.54, 1.807) is 9.27 Å². The first-order valence-corrected chi connectivity index (χ1v) is 18.6. The van der Waals surface area contributed by atoms with Gasteiger partial charge in [0.05, 0.1) is 0 Å². The zero-order valence-corrected chi connectivity index (χ0v) is 20.3. The summed E-state index contributed by atoms with van der Waals surface area (Å²) in [5.41, 5.74) is 2.95. The number of benzene rings is 1. The molecule has 1 fully saturated rings. The normalized spacial score (nSPS) is 15.1. The number of hydrogen-bond donors (Lipinski definition) is 0. The first kappa shape index (κ1) is 20.2. The van der Waals surface area contributed by atoms with Gasteiger partial charge < -0.3 is 0 Å². The molecule has 1 heterocycles. The van der Waals surface area contributed by atoms with E-state index in [2.05, 4.69) is 50.7 Å². The number of rotatable bonds is 11. The zero-order valence-electron chi connectivity index (χ0n) is 17.5. The SMILES string of the molecule is CCC[CH2][Sn]([CH2]CCC)([CH2]CCC)[c]1nn(C)c2ccc(C3CC3)cc12. The van der Waals surface area contributed by atoms with Crippen molar-refractivity contribution >= 4 is 33.0 Å². The molecule has 0 bridgehead atoms. The molecule has 2 aromatic rings.